The monoisotopic (exact) mass is 510 g/mol. The Labute approximate surface area is 217 Å². The summed E-state index contributed by atoms with van der Waals surface area (Å²) in [4.78, 5) is 22.1. The maximum absolute atomic E-state index is 13.2. The van der Waals surface area contributed by atoms with Gasteiger partial charge in [0, 0.05) is 43.0 Å². The van der Waals surface area contributed by atoms with Gasteiger partial charge in [0.1, 0.15) is 0 Å². The number of hydrogen-bond donors (Lipinski definition) is 4. The number of nitrogens with one attached hydrogen (secondary N) is 3. The molecule has 202 valence electrons. The first-order valence-corrected chi connectivity index (χ1v) is 14.8. The molecule has 9 heteroatoms. The van der Waals surface area contributed by atoms with Gasteiger partial charge in [-0.05, 0) is 78.9 Å². The van der Waals surface area contributed by atoms with Gasteiger partial charge in [-0.2, -0.15) is 0 Å². The van der Waals surface area contributed by atoms with Gasteiger partial charge >= 0.3 is 0 Å². The first-order valence-electron chi connectivity index (χ1n) is 13.9. The molecule has 4 N–H and O–H groups in total. The highest BCUT2D eigenvalue weighted by Gasteiger charge is 2.34. The van der Waals surface area contributed by atoms with Gasteiger partial charge in [-0.3, -0.25) is 20.0 Å². The van der Waals surface area contributed by atoms with Crippen LogP contribution < -0.4 is 16.0 Å². The second kappa shape index (κ2) is 14.9. The molecule has 2 saturated carbocycles. The lowest BCUT2D eigenvalue weighted by Gasteiger charge is -2.38. The maximum Gasteiger partial charge on any atom is 0.225 e. The van der Waals surface area contributed by atoms with E-state index in [0.29, 0.717) is 36.1 Å². The van der Waals surface area contributed by atoms with Crippen molar-refractivity contribution >= 4 is 23.2 Å². The lowest BCUT2D eigenvalue weighted by Crippen LogP contribution is -2.54. The summed E-state index contributed by atoms with van der Waals surface area (Å²) in [6, 6.07) is 1.44. The number of thioether (sulfide) groups is 1. The summed E-state index contributed by atoms with van der Waals surface area (Å²) < 4.78 is 0. The van der Waals surface area contributed by atoms with E-state index in [9.17, 15) is 9.90 Å². The first-order chi connectivity index (χ1) is 16.9. The minimum Gasteiger partial charge on any atom is -0.392 e. The fraction of sp³-hybridized carbons (Fsp3) is 0.923. The van der Waals surface area contributed by atoms with E-state index in [0.717, 1.165) is 58.3 Å². The zero-order chi connectivity index (χ0) is 25.2. The van der Waals surface area contributed by atoms with E-state index in [-0.39, 0.29) is 11.8 Å². The second-order valence-electron chi connectivity index (χ2n) is 10.9. The molecule has 0 saturated heterocycles. The van der Waals surface area contributed by atoms with Crippen molar-refractivity contribution in [2.45, 2.75) is 107 Å². The predicted molar refractivity (Wildman–Crippen MR) is 147 cm³/mol. The number of aliphatic hydroxyl groups excluding tert-OH is 1. The number of carbonyl (C=O) groups is 1. The number of amides is 1. The van der Waals surface area contributed by atoms with Gasteiger partial charge < -0.3 is 20.6 Å². The summed E-state index contributed by atoms with van der Waals surface area (Å²) in [7, 11) is 4.22. The van der Waals surface area contributed by atoms with Crippen LogP contribution in [0.2, 0.25) is 0 Å². The second-order valence-corrected chi connectivity index (χ2v) is 12.0. The van der Waals surface area contributed by atoms with Gasteiger partial charge in [0.05, 0.1) is 23.9 Å². The molecule has 0 aromatic carbocycles. The van der Waals surface area contributed by atoms with Crippen molar-refractivity contribution < 1.29 is 9.90 Å². The topological polar surface area (TPSA) is 92.2 Å². The van der Waals surface area contributed by atoms with Gasteiger partial charge in [0.15, 0.2) is 0 Å². The van der Waals surface area contributed by atoms with Crippen molar-refractivity contribution in [3.05, 3.63) is 0 Å². The Morgan fingerprint density at radius 1 is 1.23 bits per heavy atom. The Bertz CT molecular complexity index is 666. The van der Waals surface area contributed by atoms with Crippen LogP contribution in [0.25, 0.3) is 0 Å². The largest absolute Gasteiger partial charge is 0.392 e. The average Bonchev–Trinajstić information content (AvgIpc) is 3.32. The molecule has 0 aromatic heterocycles. The van der Waals surface area contributed by atoms with Gasteiger partial charge in [-0.25, -0.2) is 0 Å². The van der Waals surface area contributed by atoms with Crippen LogP contribution in [0, 0.1) is 5.92 Å². The third-order valence-electron chi connectivity index (χ3n) is 7.82. The maximum atomic E-state index is 13.2. The molecular formula is C26H50N6O2S. The zero-order valence-electron chi connectivity index (χ0n) is 22.4. The molecule has 3 rings (SSSR count). The van der Waals surface area contributed by atoms with E-state index < -0.39 is 6.10 Å². The molecule has 8 nitrogen and oxygen atoms in total. The summed E-state index contributed by atoms with van der Waals surface area (Å²) in [6.07, 6.45) is 9.46. The summed E-state index contributed by atoms with van der Waals surface area (Å²) in [6.45, 7) is 6.82. The standard InChI is InChI=1S/C26H50N6O2S/c1-5-13-32(16-19(2)33)26(34)20-7-6-8-21(14-20)28-17-31(4)25(11-12-27-3)30-22-9-10-23-24(15-22)35-18-29-23/h18-25,27-28,30,33H,5-17H2,1-4H3. The van der Waals surface area contributed by atoms with Crippen LogP contribution >= 0.6 is 11.8 Å². The number of fused-ring (bicyclic) bond motifs is 1. The fourth-order valence-corrected chi connectivity index (χ4v) is 6.99. The summed E-state index contributed by atoms with van der Waals surface area (Å²) in [5.74, 6) is 0.293. The van der Waals surface area contributed by atoms with Crippen molar-refractivity contribution in [1.29, 1.82) is 0 Å². The number of aliphatic imine (C=N–C) groups is 1. The van der Waals surface area contributed by atoms with Gasteiger partial charge in [-0.15, -0.1) is 11.8 Å². The Balaban J connectivity index is 1.48. The van der Waals surface area contributed by atoms with Crippen molar-refractivity contribution in [1.82, 2.24) is 25.8 Å². The van der Waals surface area contributed by atoms with Crippen molar-refractivity contribution in [2.24, 2.45) is 10.9 Å². The Morgan fingerprint density at radius 3 is 2.80 bits per heavy atom. The molecule has 1 aliphatic heterocycles. The Kier molecular flexibility index (Phi) is 12.3. The van der Waals surface area contributed by atoms with Crippen LogP contribution in [-0.4, -0.2) is 102 Å². The van der Waals surface area contributed by atoms with Crippen LogP contribution in [0.5, 0.6) is 0 Å². The minimum atomic E-state index is -0.478. The van der Waals surface area contributed by atoms with Crippen LogP contribution in [0.1, 0.15) is 71.6 Å². The van der Waals surface area contributed by atoms with Crippen LogP contribution in [-0.2, 0) is 4.79 Å². The molecule has 2 fully saturated rings. The highest BCUT2D eigenvalue weighted by Crippen LogP contribution is 2.34. The SMILES string of the molecule is CCCN(CC(C)O)C(=O)C1CCCC(NCN(C)C(CCNC)NC2CCC3N=CSC3C2)C1. The van der Waals surface area contributed by atoms with Crippen LogP contribution in [0.4, 0.5) is 0 Å². The Hall–Kier alpha value is -0.710. The number of rotatable bonds is 14. The highest BCUT2D eigenvalue weighted by atomic mass is 32.2. The fourth-order valence-electron chi connectivity index (χ4n) is 5.88. The van der Waals surface area contributed by atoms with Gasteiger partial charge in [0.2, 0.25) is 5.91 Å². The van der Waals surface area contributed by atoms with Gasteiger partial charge in [0.25, 0.3) is 0 Å². The number of carbonyl (C=O) groups excluding carboxylic acids is 1. The molecular weight excluding hydrogens is 460 g/mol. The van der Waals surface area contributed by atoms with E-state index in [4.69, 9.17) is 0 Å². The molecule has 0 radical (unpaired) electrons. The molecule has 7 atom stereocenters. The number of aliphatic hydroxyl groups is 1. The lowest BCUT2D eigenvalue weighted by molar-refractivity contribution is -0.138. The molecule has 35 heavy (non-hydrogen) atoms. The molecule has 1 amide bonds. The Morgan fingerprint density at radius 2 is 2.06 bits per heavy atom. The lowest BCUT2D eigenvalue weighted by atomic mass is 9.84. The third-order valence-corrected chi connectivity index (χ3v) is 8.92. The summed E-state index contributed by atoms with van der Waals surface area (Å²) in [5.41, 5.74) is 2.06. The molecule has 0 bridgehead atoms. The van der Waals surface area contributed by atoms with E-state index >= 15 is 0 Å². The summed E-state index contributed by atoms with van der Waals surface area (Å²) >= 11 is 1.91. The molecule has 2 aliphatic carbocycles. The predicted octanol–water partition coefficient (Wildman–Crippen LogP) is 2.23. The van der Waals surface area contributed by atoms with Crippen LogP contribution in [0.15, 0.2) is 4.99 Å². The molecule has 0 aromatic rings. The number of nitrogens with zero attached hydrogens (tertiary/aromatic N) is 3. The average molecular weight is 511 g/mol. The van der Waals surface area contributed by atoms with E-state index in [1.54, 1.807) is 6.92 Å². The first kappa shape index (κ1) is 28.9. The molecule has 0 spiro atoms. The number of hydrogen-bond acceptors (Lipinski definition) is 8. The molecule has 1 heterocycles. The normalized spacial score (nSPS) is 30.3. The summed E-state index contributed by atoms with van der Waals surface area (Å²) in [5, 5.41) is 21.5. The zero-order valence-corrected chi connectivity index (χ0v) is 23.2. The molecule has 7 unspecified atom stereocenters. The van der Waals surface area contributed by atoms with Crippen molar-refractivity contribution in [2.75, 3.05) is 40.4 Å². The van der Waals surface area contributed by atoms with E-state index in [1.165, 1.54) is 19.3 Å². The smallest absolute Gasteiger partial charge is 0.225 e. The minimum absolute atomic E-state index is 0.0661. The van der Waals surface area contributed by atoms with Gasteiger partial charge in [-0.1, -0.05) is 13.3 Å². The van der Waals surface area contributed by atoms with Crippen molar-refractivity contribution in [3.63, 3.8) is 0 Å². The third kappa shape index (κ3) is 8.97. The quantitative estimate of drug-likeness (QED) is 0.266. The van der Waals surface area contributed by atoms with E-state index in [2.05, 4.69) is 45.4 Å². The molecule has 3 aliphatic rings. The van der Waals surface area contributed by atoms with E-state index in [1.807, 2.05) is 23.7 Å². The highest BCUT2D eigenvalue weighted by molar-refractivity contribution is 8.12. The van der Waals surface area contributed by atoms with Crippen molar-refractivity contribution in [3.8, 4) is 0 Å². The van der Waals surface area contributed by atoms with Crippen LogP contribution in [0.3, 0.4) is 0 Å².